The molecular weight excluding hydrogens is 388 g/mol. The average Bonchev–Trinajstić information content (AvgIpc) is 3.27. The summed E-state index contributed by atoms with van der Waals surface area (Å²) in [5, 5.41) is 8.05. The SMILES string of the molecule is C[Si]C.[CH3-].[CH3-].[Ti+4].c1ccc2[cH-]ccc2c1.c1ccc2c(c1)[cH-]c1ccccc12. The fraction of sp³-hybridized carbons (Fsp3) is 0.0769. The van der Waals surface area contributed by atoms with Crippen molar-refractivity contribution in [3.63, 3.8) is 0 Å². The number of rotatable bonds is 0. The second-order valence-corrected chi connectivity index (χ2v) is 6.97. The summed E-state index contributed by atoms with van der Waals surface area (Å²) < 4.78 is 0. The molecule has 0 amide bonds. The molecule has 0 heterocycles. The minimum absolute atomic E-state index is 0. The zero-order valence-corrected chi connectivity index (χ0v) is 19.8. The Morgan fingerprint density at radius 3 is 1.54 bits per heavy atom. The quantitative estimate of drug-likeness (QED) is 0.177. The molecular formula is C26H28SiTi. The normalized spacial score (nSPS) is 9.07. The third-order valence-corrected chi connectivity index (χ3v) is 4.07. The maximum absolute atomic E-state index is 2.24. The van der Waals surface area contributed by atoms with Gasteiger partial charge in [-0.15, -0.1) is 69.4 Å². The van der Waals surface area contributed by atoms with Gasteiger partial charge in [0.15, 0.2) is 0 Å². The first-order chi connectivity index (χ1) is 12.3. The molecule has 5 aromatic carbocycles. The van der Waals surface area contributed by atoms with Crippen LogP contribution in [0.4, 0.5) is 0 Å². The van der Waals surface area contributed by atoms with Gasteiger partial charge in [0, 0.05) is 9.52 Å². The van der Waals surface area contributed by atoms with Crippen molar-refractivity contribution >= 4 is 41.8 Å². The van der Waals surface area contributed by atoms with Crippen molar-refractivity contribution in [2.45, 2.75) is 13.1 Å². The van der Waals surface area contributed by atoms with E-state index in [1.54, 1.807) is 0 Å². The van der Waals surface area contributed by atoms with Gasteiger partial charge >= 0.3 is 21.7 Å². The number of fused-ring (bicyclic) bond motifs is 4. The summed E-state index contributed by atoms with van der Waals surface area (Å²) in [5.74, 6) is 0. The zero-order valence-electron chi connectivity index (χ0n) is 17.2. The van der Waals surface area contributed by atoms with Crippen LogP contribution in [0.3, 0.4) is 0 Å². The minimum atomic E-state index is 0. The molecule has 5 aromatic rings. The molecule has 140 valence electrons. The maximum Gasteiger partial charge on any atom is 4.00 e. The Bertz CT molecular complexity index is 975. The predicted octanol–water partition coefficient (Wildman–Crippen LogP) is 7.96. The maximum atomic E-state index is 2.24. The Kier molecular flexibility index (Phi) is 12.4. The second kappa shape index (κ2) is 13.3. The van der Waals surface area contributed by atoms with Crippen LogP contribution in [-0.4, -0.2) is 9.52 Å². The van der Waals surface area contributed by atoms with Crippen LogP contribution in [-0.2, 0) is 21.7 Å². The third-order valence-electron chi connectivity index (χ3n) is 4.07. The molecule has 5 rings (SSSR count). The molecule has 0 fully saturated rings. The van der Waals surface area contributed by atoms with E-state index in [4.69, 9.17) is 0 Å². The summed E-state index contributed by atoms with van der Waals surface area (Å²) in [5.41, 5.74) is 0. The van der Waals surface area contributed by atoms with Gasteiger partial charge in [0.2, 0.25) is 0 Å². The van der Waals surface area contributed by atoms with Gasteiger partial charge in [-0.2, -0.15) is 17.5 Å². The molecule has 0 unspecified atom stereocenters. The second-order valence-electron chi connectivity index (χ2n) is 5.97. The van der Waals surface area contributed by atoms with Crippen molar-refractivity contribution in [1.29, 1.82) is 0 Å². The fourth-order valence-corrected chi connectivity index (χ4v) is 2.97. The van der Waals surface area contributed by atoms with Gasteiger partial charge in [0.1, 0.15) is 0 Å². The van der Waals surface area contributed by atoms with Crippen molar-refractivity contribution in [2.24, 2.45) is 0 Å². The molecule has 0 aliphatic carbocycles. The summed E-state index contributed by atoms with van der Waals surface area (Å²) in [4.78, 5) is 0. The van der Waals surface area contributed by atoms with E-state index in [9.17, 15) is 0 Å². The topological polar surface area (TPSA) is 0 Å². The monoisotopic (exact) mass is 416 g/mol. The first-order valence-corrected chi connectivity index (χ1v) is 10.6. The Morgan fingerprint density at radius 2 is 1.04 bits per heavy atom. The van der Waals surface area contributed by atoms with Gasteiger partial charge in [0.25, 0.3) is 0 Å². The van der Waals surface area contributed by atoms with Crippen LogP contribution in [0.5, 0.6) is 0 Å². The van der Waals surface area contributed by atoms with E-state index in [0.29, 0.717) is 0 Å². The molecule has 0 aliphatic heterocycles. The van der Waals surface area contributed by atoms with Crippen LogP contribution in [0.2, 0.25) is 13.1 Å². The van der Waals surface area contributed by atoms with Gasteiger partial charge in [-0.05, 0) is 0 Å². The van der Waals surface area contributed by atoms with Crippen LogP contribution in [0.15, 0.2) is 97.1 Å². The average molecular weight is 416 g/mol. The van der Waals surface area contributed by atoms with E-state index >= 15 is 0 Å². The Labute approximate surface area is 188 Å². The van der Waals surface area contributed by atoms with Gasteiger partial charge in [0.05, 0.1) is 0 Å². The summed E-state index contributed by atoms with van der Waals surface area (Å²) in [7, 11) is 1.08. The fourth-order valence-electron chi connectivity index (χ4n) is 2.97. The van der Waals surface area contributed by atoms with Crippen molar-refractivity contribution in [3.05, 3.63) is 112 Å². The summed E-state index contributed by atoms with van der Waals surface area (Å²) in [6.07, 6.45) is 0. The van der Waals surface area contributed by atoms with Crippen molar-refractivity contribution in [2.75, 3.05) is 0 Å². The summed E-state index contributed by atoms with van der Waals surface area (Å²) in [6, 6.07) is 33.9. The van der Waals surface area contributed by atoms with Crippen LogP contribution < -0.4 is 0 Å². The standard InChI is InChI=1S/C13H9.C9H7.C2H6Si.2CH3.Ti/c1-3-7-12-10(5-1)9-11-6-2-4-8-13(11)12;1-2-5-9-7-3-6-8(9)4-1;1-3-2;;;/h1-9H;1-7H;1-2H3;2*1H3;/q2*-1;;2*-1;+4. The predicted molar refractivity (Wildman–Crippen MR) is 127 cm³/mol. The molecule has 0 N–H and O–H groups in total. The smallest absolute Gasteiger partial charge is 0.358 e. The largest absolute Gasteiger partial charge is 4.00 e. The van der Waals surface area contributed by atoms with Gasteiger partial charge in [-0.25, -0.2) is 0 Å². The summed E-state index contributed by atoms with van der Waals surface area (Å²) >= 11 is 0. The molecule has 28 heavy (non-hydrogen) atoms. The van der Waals surface area contributed by atoms with E-state index in [1.165, 1.54) is 32.3 Å². The molecule has 0 nitrogen and oxygen atoms in total. The number of hydrogen-bond donors (Lipinski definition) is 0. The van der Waals surface area contributed by atoms with Gasteiger partial charge < -0.3 is 14.9 Å². The van der Waals surface area contributed by atoms with Crippen LogP contribution in [0.25, 0.3) is 32.3 Å². The Balaban J connectivity index is 0.000000434. The van der Waals surface area contributed by atoms with Crippen LogP contribution in [0, 0.1) is 14.9 Å². The molecule has 0 aromatic heterocycles. The van der Waals surface area contributed by atoms with E-state index < -0.39 is 0 Å². The Hall–Kier alpha value is -1.93. The third kappa shape index (κ3) is 6.31. The number of hydrogen-bond acceptors (Lipinski definition) is 0. The van der Waals surface area contributed by atoms with Crippen molar-refractivity contribution in [1.82, 2.24) is 0 Å². The van der Waals surface area contributed by atoms with E-state index in [-0.39, 0.29) is 36.6 Å². The molecule has 0 saturated carbocycles. The van der Waals surface area contributed by atoms with E-state index in [1.807, 2.05) is 0 Å². The molecule has 0 spiro atoms. The van der Waals surface area contributed by atoms with Crippen molar-refractivity contribution in [3.8, 4) is 0 Å². The number of benzene rings is 3. The first-order valence-electron chi connectivity index (χ1n) is 8.55. The first kappa shape index (κ1) is 26.1. The van der Waals surface area contributed by atoms with Gasteiger partial charge in [-0.1, -0.05) is 55.6 Å². The van der Waals surface area contributed by atoms with Crippen LogP contribution in [0.1, 0.15) is 0 Å². The van der Waals surface area contributed by atoms with Crippen molar-refractivity contribution < 1.29 is 21.7 Å². The molecule has 0 atom stereocenters. The summed E-state index contributed by atoms with van der Waals surface area (Å²) in [6.45, 7) is 4.31. The molecule has 0 bridgehead atoms. The molecule has 0 saturated heterocycles. The van der Waals surface area contributed by atoms with Gasteiger partial charge in [-0.3, -0.25) is 0 Å². The molecule has 0 aliphatic rings. The zero-order chi connectivity index (χ0) is 17.5. The van der Waals surface area contributed by atoms with E-state index in [2.05, 4.69) is 110 Å². The minimum Gasteiger partial charge on any atom is -0.358 e. The van der Waals surface area contributed by atoms with E-state index in [0.717, 1.165) is 9.52 Å². The molecule has 2 radical (unpaired) electrons. The molecule has 2 heteroatoms. The Morgan fingerprint density at radius 1 is 0.607 bits per heavy atom. The van der Waals surface area contributed by atoms with Crippen LogP contribution >= 0.6 is 0 Å².